The highest BCUT2D eigenvalue weighted by atomic mass is 19.4. The van der Waals surface area contributed by atoms with Crippen molar-refractivity contribution in [2.24, 2.45) is 4.99 Å². The van der Waals surface area contributed by atoms with E-state index in [1.165, 1.54) is 12.1 Å². The number of benzene rings is 1. The molecule has 0 spiro atoms. The maximum Gasteiger partial charge on any atom is 0.419 e. The standard InChI is InChI=1S/C11H10F3NO/c1-2-5-8-6-3-4-7-9(8)15-10(16)11(12,13)14/h2-7H,1H3,(H,15,16)/p-1/b5-2+. The van der Waals surface area contributed by atoms with Gasteiger partial charge >= 0.3 is 6.18 Å². The molecule has 0 aliphatic rings. The van der Waals surface area contributed by atoms with Crippen LogP contribution in [0.2, 0.25) is 0 Å². The molecule has 0 bridgehead atoms. The maximum atomic E-state index is 12.0. The molecule has 86 valence electrons. The van der Waals surface area contributed by atoms with Crippen LogP contribution in [0.25, 0.3) is 6.08 Å². The SMILES string of the molecule is C/C=C/c1ccccc1N=C([O-])C(F)(F)F. The highest BCUT2D eigenvalue weighted by Crippen LogP contribution is 2.23. The van der Waals surface area contributed by atoms with E-state index in [0.29, 0.717) is 5.56 Å². The first kappa shape index (κ1) is 12.3. The van der Waals surface area contributed by atoms with Gasteiger partial charge in [0, 0.05) is 0 Å². The van der Waals surface area contributed by atoms with Gasteiger partial charge in [-0.3, -0.25) is 4.99 Å². The molecule has 0 N–H and O–H groups in total. The van der Waals surface area contributed by atoms with Crippen molar-refractivity contribution >= 4 is 17.7 Å². The Labute approximate surface area is 90.8 Å². The van der Waals surface area contributed by atoms with Crippen molar-refractivity contribution in [2.45, 2.75) is 13.1 Å². The summed E-state index contributed by atoms with van der Waals surface area (Å²) in [4.78, 5) is 3.03. The predicted molar refractivity (Wildman–Crippen MR) is 54.3 cm³/mol. The third-order valence-electron chi connectivity index (χ3n) is 1.75. The van der Waals surface area contributed by atoms with Crippen molar-refractivity contribution in [3.8, 4) is 0 Å². The van der Waals surface area contributed by atoms with Gasteiger partial charge in [-0.1, -0.05) is 30.4 Å². The van der Waals surface area contributed by atoms with Gasteiger partial charge in [0.05, 0.1) is 11.6 Å². The quantitative estimate of drug-likeness (QED) is 0.566. The number of rotatable bonds is 2. The van der Waals surface area contributed by atoms with E-state index in [1.807, 2.05) is 0 Å². The number of nitrogens with zero attached hydrogens (tertiary/aromatic N) is 1. The summed E-state index contributed by atoms with van der Waals surface area (Å²) in [6.07, 6.45) is -1.68. The molecule has 0 fully saturated rings. The first-order chi connectivity index (χ1) is 7.45. The fourth-order valence-electron chi connectivity index (χ4n) is 1.08. The minimum Gasteiger partial charge on any atom is -0.855 e. The lowest BCUT2D eigenvalue weighted by molar-refractivity contribution is -0.262. The third-order valence-corrected chi connectivity index (χ3v) is 1.75. The molecule has 16 heavy (non-hydrogen) atoms. The second kappa shape index (κ2) is 4.83. The van der Waals surface area contributed by atoms with Gasteiger partial charge in [-0.05, 0) is 18.6 Å². The second-order valence-electron chi connectivity index (χ2n) is 2.97. The molecule has 0 saturated heterocycles. The highest BCUT2D eigenvalue weighted by molar-refractivity contribution is 5.82. The van der Waals surface area contributed by atoms with Gasteiger partial charge < -0.3 is 5.11 Å². The normalized spacial score (nSPS) is 13.4. The van der Waals surface area contributed by atoms with Crippen LogP contribution in [-0.2, 0) is 0 Å². The van der Waals surface area contributed by atoms with Crippen LogP contribution in [0.3, 0.4) is 0 Å². The number of alkyl halides is 3. The molecule has 0 aliphatic heterocycles. The Morgan fingerprint density at radius 1 is 1.31 bits per heavy atom. The Morgan fingerprint density at radius 2 is 1.94 bits per heavy atom. The fourth-order valence-corrected chi connectivity index (χ4v) is 1.08. The molecule has 1 rings (SSSR count). The van der Waals surface area contributed by atoms with E-state index < -0.39 is 12.1 Å². The molecule has 0 atom stereocenters. The van der Waals surface area contributed by atoms with Crippen LogP contribution in [0.15, 0.2) is 35.3 Å². The number of para-hydroxylation sites is 1. The van der Waals surface area contributed by atoms with Gasteiger partial charge in [-0.15, -0.1) is 0 Å². The van der Waals surface area contributed by atoms with Crippen molar-refractivity contribution < 1.29 is 18.3 Å². The number of hydrogen-bond acceptors (Lipinski definition) is 2. The minimum atomic E-state index is -4.93. The minimum absolute atomic E-state index is 0.0166. The molecule has 2 nitrogen and oxygen atoms in total. The summed E-state index contributed by atoms with van der Waals surface area (Å²) >= 11 is 0. The van der Waals surface area contributed by atoms with Gasteiger partial charge in [0.15, 0.2) is 0 Å². The zero-order valence-corrected chi connectivity index (χ0v) is 8.45. The Balaban J connectivity index is 3.15. The predicted octanol–water partition coefficient (Wildman–Crippen LogP) is 2.67. The Hall–Kier alpha value is -1.78. The van der Waals surface area contributed by atoms with Crippen molar-refractivity contribution in [1.82, 2.24) is 0 Å². The van der Waals surface area contributed by atoms with Crippen LogP contribution in [-0.4, -0.2) is 12.1 Å². The summed E-state index contributed by atoms with van der Waals surface area (Å²) in [6.45, 7) is 1.72. The van der Waals surface area contributed by atoms with Crippen molar-refractivity contribution in [3.63, 3.8) is 0 Å². The van der Waals surface area contributed by atoms with E-state index in [1.54, 1.807) is 31.2 Å². The summed E-state index contributed by atoms with van der Waals surface area (Å²) in [6, 6.07) is 6.13. The van der Waals surface area contributed by atoms with Crippen LogP contribution < -0.4 is 5.11 Å². The Kier molecular flexibility index (Phi) is 3.71. The summed E-state index contributed by atoms with van der Waals surface area (Å²) in [5.41, 5.74) is 0.491. The van der Waals surface area contributed by atoms with E-state index in [0.717, 1.165) is 0 Å². The van der Waals surface area contributed by atoms with Gasteiger partial charge in [-0.2, -0.15) is 13.2 Å². The number of hydrogen-bond donors (Lipinski definition) is 0. The average molecular weight is 228 g/mol. The molecule has 0 aliphatic carbocycles. The largest absolute Gasteiger partial charge is 0.855 e. The second-order valence-corrected chi connectivity index (χ2v) is 2.97. The third kappa shape index (κ3) is 3.12. The molecule has 0 saturated carbocycles. The lowest BCUT2D eigenvalue weighted by Gasteiger charge is -2.14. The van der Waals surface area contributed by atoms with E-state index in [-0.39, 0.29) is 5.69 Å². The van der Waals surface area contributed by atoms with Gasteiger partial charge in [0.2, 0.25) is 0 Å². The van der Waals surface area contributed by atoms with Gasteiger partial charge in [-0.25, -0.2) is 0 Å². The number of halogens is 3. The van der Waals surface area contributed by atoms with E-state index in [9.17, 15) is 18.3 Å². The lowest BCUT2D eigenvalue weighted by atomic mass is 10.1. The first-order valence-electron chi connectivity index (χ1n) is 4.49. The van der Waals surface area contributed by atoms with Crippen LogP contribution in [0, 0.1) is 0 Å². The maximum absolute atomic E-state index is 12.0. The lowest BCUT2D eigenvalue weighted by Crippen LogP contribution is -2.34. The van der Waals surface area contributed by atoms with Gasteiger partial charge in [0.1, 0.15) is 0 Å². The smallest absolute Gasteiger partial charge is 0.419 e. The molecular weight excluding hydrogens is 219 g/mol. The summed E-state index contributed by atoms with van der Waals surface area (Å²) < 4.78 is 36.0. The van der Waals surface area contributed by atoms with Crippen LogP contribution >= 0.6 is 0 Å². The highest BCUT2D eigenvalue weighted by Gasteiger charge is 2.28. The molecule has 0 heterocycles. The molecule has 5 heteroatoms. The summed E-state index contributed by atoms with van der Waals surface area (Å²) in [5, 5.41) is 10.7. The topological polar surface area (TPSA) is 35.4 Å². The van der Waals surface area contributed by atoms with Crippen molar-refractivity contribution in [2.75, 3.05) is 0 Å². The number of aliphatic imine (C=N–C) groups is 1. The summed E-state index contributed by atoms with van der Waals surface area (Å²) in [7, 11) is 0. The van der Waals surface area contributed by atoms with Gasteiger partial charge in [0.25, 0.3) is 0 Å². The van der Waals surface area contributed by atoms with Crippen LogP contribution in [0.5, 0.6) is 0 Å². The molecule has 0 radical (unpaired) electrons. The zero-order chi connectivity index (χ0) is 12.2. The first-order valence-corrected chi connectivity index (χ1v) is 4.49. The molecule has 0 aromatic heterocycles. The average Bonchev–Trinajstić information content (AvgIpc) is 2.20. The van der Waals surface area contributed by atoms with Crippen LogP contribution in [0.4, 0.5) is 18.9 Å². The van der Waals surface area contributed by atoms with Crippen molar-refractivity contribution in [1.29, 1.82) is 0 Å². The molecule has 1 aromatic carbocycles. The molecular formula is C11H9F3NO-. The van der Waals surface area contributed by atoms with Crippen LogP contribution in [0.1, 0.15) is 12.5 Å². The number of allylic oxidation sites excluding steroid dienone is 1. The fraction of sp³-hybridized carbons (Fsp3) is 0.182. The molecule has 0 unspecified atom stereocenters. The summed E-state index contributed by atoms with van der Waals surface area (Å²) in [5.74, 6) is -2.09. The monoisotopic (exact) mass is 228 g/mol. The Morgan fingerprint density at radius 3 is 2.50 bits per heavy atom. The molecule has 0 amide bonds. The van der Waals surface area contributed by atoms with E-state index in [4.69, 9.17) is 0 Å². The zero-order valence-electron chi connectivity index (χ0n) is 8.45. The van der Waals surface area contributed by atoms with Crippen molar-refractivity contribution in [3.05, 3.63) is 35.9 Å². The Bertz CT molecular complexity index is 421. The van der Waals surface area contributed by atoms with E-state index in [2.05, 4.69) is 4.99 Å². The van der Waals surface area contributed by atoms with E-state index >= 15 is 0 Å². The molecule has 1 aromatic rings.